The molecular weight excluding hydrogens is 228 g/mol. The number of halogens is 1. The number of nitrogens with zero attached hydrogens (tertiary/aromatic N) is 5. The van der Waals surface area contributed by atoms with Crippen molar-refractivity contribution in [3.05, 3.63) is 42.6 Å². The van der Waals surface area contributed by atoms with Crippen LogP contribution in [0.15, 0.2) is 37.4 Å². The lowest BCUT2D eigenvalue weighted by Crippen LogP contribution is -1.80. The first-order valence-electron chi connectivity index (χ1n) is 4.37. The molecule has 0 spiro atoms. The highest BCUT2D eigenvalue weighted by atomic mass is 35.5. The third kappa shape index (κ3) is 2.48. The summed E-state index contributed by atoms with van der Waals surface area (Å²) in [5.74, 6) is 0. The van der Waals surface area contributed by atoms with Gasteiger partial charge in [0, 0.05) is 12.4 Å². The van der Waals surface area contributed by atoms with Crippen LogP contribution in [0.3, 0.4) is 0 Å². The third-order valence-corrected chi connectivity index (χ3v) is 1.94. The van der Waals surface area contributed by atoms with E-state index in [-0.39, 0.29) is 0 Å². The summed E-state index contributed by atoms with van der Waals surface area (Å²) in [6.07, 6.45) is 7.79. The molecule has 0 saturated carbocycles. The van der Waals surface area contributed by atoms with Gasteiger partial charge in [-0.3, -0.25) is 0 Å². The van der Waals surface area contributed by atoms with Crippen molar-refractivity contribution < 1.29 is 0 Å². The summed E-state index contributed by atoms with van der Waals surface area (Å²) < 4.78 is 0. The van der Waals surface area contributed by atoms with Gasteiger partial charge >= 0.3 is 0 Å². The summed E-state index contributed by atoms with van der Waals surface area (Å²) in [6, 6.07) is 1.78. The third-order valence-electron chi connectivity index (χ3n) is 1.65. The Kier molecular flexibility index (Phi) is 3.35. The zero-order valence-corrected chi connectivity index (χ0v) is 8.83. The van der Waals surface area contributed by atoms with Crippen molar-refractivity contribution in [2.45, 2.75) is 0 Å². The molecule has 0 atom stereocenters. The Morgan fingerprint density at radius 3 is 2.38 bits per heavy atom. The molecule has 0 aliphatic heterocycles. The van der Waals surface area contributed by atoms with Crippen LogP contribution in [0.5, 0.6) is 0 Å². The maximum absolute atomic E-state index is 5.68. The summed E-state index contributed by atoms with van der Waals surface area (Å²) in [7, 11) is 0. The smallest absolute Gasteiger partial charge is 0.182 e. The van der Waals surface area contributed by atoms with Crippen molar-refractivity contribution in [2.75, 3.05) is 0 Å². The van der Waals surface area contributed by atoms with Crippen molar-refractivity contribution >= 4 is 22.8 Å². The number of hydrogen-bond acceptors (Lipinski definition) is 5. The number of nitrogens with one attached hydrogen (secondary N) is 1. The number of imidazole rings is 1. The van der Waals surface area contributed by atoms with Crippen LogP contribution in [0.4, 0.5) is 0 Å². The van der Waals surface area contributed by atoms with Crippen LogP contribution in [-0.2, 0) is 0 Å². The molecule has 0 bridgehead atoms. The van der Waals surface area contributed by atoms with Gasteiger partial charge in [0.05, 0.1) is 6.33 Å². The summed E-state index contributed by atoms with van der Waals surface area (Å²) >= 11 is 5.68. The number of aromatic nitrogens is 6. The second-order valence-corrected chi connectivity index (χ2v) is 3.03. The monoisotopic (exact) mass is 234 g/mol. The molecule has 0 amide bonds. The van der Waals surface area contributed by atoms with E-state index in [2.05, 4.69) is 29.9 Å². The molecule has 0 saturated heterocycles. The van der Waals surface area contributed by atoms with Gasteiger partial charge in [-0.25, -0.2) is 24.9 Å². The molecule has 3 aromatic rings. The van der Waals surface area contributed by atoms with Crippen molar-refractivity contribution in [1.82, 2.24) is 29.9 Å². The first-order valence-corrected chi connectivity index (χ1v) is 4.75. The van der Waals surface area contributed by atoms with Crippen LogP contribution in [0.25, 0.3) is 11.2 Å². The molecule has 3 aromatic heterocycles. The Bertz CT molecular complexity index is 525. The largest absolute Gasteiger partial charge is 0.341 e. The van der Waals surface area contributed by atoms with Gasteiger partial charge in [-0.1, -0.05) is 11.6 Å². The van der Waals surface area contributed by atoms with Crippen LogP contribution in [0.2, 0.25) is 5.15 Å². The zero-order chi connectivity index (χ0) is 11.2. The highest BCUT2D eigenvalue weighted by molar-refractivity contribution is 6.33. The van der Waals surface area contributed by atoms with Gasteiger partial charge in [-0.2, -0.15) is 0 Å². The lowest BCUT2D eigenvalue weighted by molar-refractivity contribution is 1.17. The van der Waals surface area contributed by atoms with Crippen molar-refractivity contribution in [2.24, 2.45) is 0 Å². The molecule has 80 valence electrons. The van der Waals surface area contributed by atoms with Gasteiger partial charge in [-0.15, -0.1) is 0 Å². The highest BCUT2D eigenvalue weighted by Crippen LogP contribution is 2.13. The van der Waals surface area contributed by atoms with Crippen LogP contribution in [0, 0.1) is 0 Å². The van der Waals surface area contributed by atoms with E-state index in [4.69, 9.17) is 11.6 Å². The van der Waals surface area contributed by atoms with E-state index in [1.807, 2.05) is 0 Å². The molecule has 16 heavy (non-hydrogen) atoms. The normalized spacial score (nSPS) is 9.56. The van der Waals surface area contributed by atoms with Crippen molar-refractivity contribution in [3.8, 4) is 0 Å². The molecule has 6 nitrogen and oxygen atoms in total. The van der Waals surface area contributed by atoms with E-state index in [9.17, 15) is 0 Å². The SMILES string of the molecule is Clc1ncnc2nc[nH]c12.c1cncnc1. The van der Waals surface area contributed by atoms with E-state index in [1.54, 1.807) is 18.5 Å². The van der Waals surface area contributed by atoms with Crippen LogP contribution in [0.1, 0.15) is 0 Å². The van der Waals surface area contributed by atoms with Gasteiger partial charge in [0.1, 0.15) is 18.2 Å². The maximum atomic E-state index is 5.68. The predicted octanol–water partition coefficient (Wildman–Crippen LogP) is 1.48. The molecule has 0 aliphatic rings. The Hall–Kier alpha value is -2.08. The quantitative estimate of drug-likeness (QED) is 0.596. The number of aromatic amines is 1. The number of H-pyrrole nitrogens is 1. The molecule has 0 aromatic carbocycles. The number of fused-ring (bicyclic) bond motifs is 1. The van der Waals surface area contributed by atoms with E-state index in [0.717, 1.165) is 0 Å². The Labute approximate surface area is 95.8 Å². The maximum Gasteiger partial charge on any atom is 0.182 e. The molecule has 0 unspecified atom stereocenters. The first-order chi connectivity index (χ1) is 7.88. The summed E-state index contributed by atoms with van der Waals surface area (Å²) in [4.78, 5) is 21.7. The topological polar surface area (TPSA) is 80.2 Å². The van der Waals surface area contributed by atoms with Crippen LogP contribution in [-0.4, -0.2) is 29.9 Å². The van der Waals surface area contributed by atoms with Crippen LogP contribution < -0.4 is 0 Å². The Morgan fingerprint density at radius 2 is 1.81 bits per heavy atom. The first kappa shape index (κ1) is 10.4. The minimum absolute atomic E-state index is 0.405. The second kappa shape index (κ2) is 5.13. The fourth-order valence-corrected chi connectivity index (χ4v) is 1.17. The zero-order valence-electron chi connectivity index (χ0n) is 8.08. The molecule has 0 fully saturated rings. The van der Waals surface area contributed by atoms with E-state index < -0.39 is 0 Å². The Morgan fingerprint density at radius 1 is 1.00 bits per heavy atom. The van der Waals surface area contributed by atoms with Gasteiger partial charge in [0.2, 0.25) is 0 Å². The predicted molar refractivity (Wildman–Crippen MR) is 58.7 cm³/mol. The van der Waals surface area contributed by atoms with Crippen LogP contribution >= 0.6 is 11.6 Å². The lowest BCUT2D eigenvalue weighted by atomic mass is 10.6. The van der Waals surface area contributed by atoms with Crippen molar-refractivity contribution in [1.29, 1.82) is 0 Å². The average molecular weight is 235 g/mol. The van der Waals surface area contributed by atoms with E-state index in [0.29, 0.717) is 16.3 Å². The molecule has 3 heterocycles. The molecule has 7 heteroatoms. The molecular formula is C9H7ClN6. The average Bonchev–Trinajstić information content (AvgIpc) is 2.82. The molecule has 0 radical (unpaired) electrons. The standard InChI is InChI=1S/C5H3ClN4.C4H4N2/c6-4-3-5(9-1-7-3)10-2-8-4;1-2-5-4-6-3-1/h1-2H,(H,7,8,9,10);1-4H. The van der Waals surface area contributed by atoms with E-state index >= 15 is 0 Å². The van der Waals surface area contributed by atoms with Gasteiger partial charge in [0.15, 0.2) is 10.8 Å². The second-order valence-electron chi connectivity index (χ2n) is 2.67. The highest BCUT2D eigenvalue weighted by Gasteiger charge is 2.00. The van der Waals surface area contributed by atoms with E-state index in [1.165, 1.54) is 19.0 Å². The summed E-state index contributed by atoms with van der Waals surface area (Å²) in [6.45, 7) is 0. The minimum atomic E-state index is 0.405. The minimum Gasteiger partial charge on any atom is -0.341 e. The fourth-order valence-electron chi connectivity index (χ4n) is 0.989. The van der Waals surface area contributed by atoms with Gasteiger partial charge in [0.25, 0.3) is 0 Å². The molecule has 1 N–H and O–H groups in total. The van der Waals surface area contributed by atoms with Gasteiger partial charge < -0.3 is 4.98 Å². The summed E-state index contributed by atoms with van der Waals surface area (Å²) in [5.41, 5.74) is 1.28. The van der Waals surface area contributed by atoms with Gasteiger partial charge in [-0.05, 0) is 6.07 Å². The van der Waals surface area contributed by atoms with Crippen molar-refractivity contribution in [3.63, 3.8) is 0 Å². The Balaban J connectivity index is 0.000000138. The molecule has 3 rings (SSSR count). The number of rotatable bonds is 0. The number of hydrogen-bond donors (Lipinski definition) is 1. The summed E-state index contributed by atoms with van der Waals surface area (Å²) in [5, 5.41) is 0.405. The lowest BCUT2D eigenvalue weighted by Gasteiger charge is -1.86. The molecule has 0 aliphatic carbocycles. The fraction of sp³-hybridized carbons (Fsp3) is 0.